The SMILES string of the molecule is COC(=O)c1cccc(C(=O)N2Cc3nnc(-c4ccccc4)n3[C@@H](C)C2)n1. The van der Waals surface area contributed by atoms with Crippen LogP contribution in [0.4, 0.5) is 0 Å². The highest BCUT2D eigenvalue weighted by Gasteiger charge is 2.30. The van der Waals surface area contributed by atoms with E-state index in [1.165, 1.54) is 13.2 Å². The molecule has 0 saturated carbocycles. The third kappa shape index (κ3) is 3.13. The molecule has 0 saturated heterocycles. The lowest BCUT2D eigenvalue weighted by Crippen LogP contribution is -2.41. The van der Waals surface area contributed by atoms with Crippen molar-refractivity contribution in [2.24, 2.45) is 0 Å². The van der Waals surface area contributed by atoms with Gasteiger partial charge in [0.05, 0.1) is 19.7 Å². The second-order valence-electron chi connectivity index (χ2n) is 6.61. The van der Waals surface area contributed by atoms with Crippen molar-refractivity contribution in [2.75, 3.05) is 13.7 Å². The zero-order valence-electron chi connectivity index (χ0n) is 15.6. The van der Waals surface area contributed by atoms with Gasteiger partial charge in [-0.1, -0.05) is 36.4 Å². The number of ether oxygens (including phenoxy) is 1. The van der Waals surface area contributed by atoms with E-state index in [0.29, 0.717) is 13.1 Å². The number of benzene rings is 1. The standard InChI is InChI=1S/C20H19N5O3/c1-13-11-24(19(26)15-9-6-10-16(21-15)20(27)28-2)12-17-22-23-18(25(13)17)14-7-4-3-5-8-14/h3-10,13H,11-12H2,1-2H3/t13-/m0/s1. The maximum atomic E-state index is 12.9. The van der Waals surface area contributed by atoms with Gasteiger partial charge in [-0.2, -0.15) is 0 Å². The highest BCUT2D eigenvalue weighted by molar-refractivity contribution is 5.94. The van der Waals surface area contributed by atoms with E-state index >= 15 is 0 Å². The first kappa shape index (κ1) is 17.8. The molecule has 3 heterocycles. The molecule has 142 valence electrons. The zero-order valence-corrected chi connectivity index (χ0v) is 15.6. The summed E-state index contributed by atoms with van der Waals surface area (Å²) in [5.74, 6) is 0.679. The molecule has 3 aromatic rings. The molecular weight excluding hydrogens is 358 g/mol. The predicted octanol–water partition coefficient (Wildman–Crippen LogP) is 2.34. The number of carbonyl (C=O) groups is 2. The molecule has 0 bridgehead atoms. The normalized spacial score (nSPS) is 15.8. The van der Waals surface area contributed by atoms with Crippen molar-refractivity contribution in [1.82, 2.24) is 24.6 Å². The van der Waals surface area contributed by atoms with E-state index in [-0.39, 0.29) is 23.3 Å². The molecule has 1 aliphatic heterocycles. The smallest absolute Gasteiger partial charge is 0.356 e. The van der Waals surface area contributed by atoms with E-state index in [0.717, 1.165) is 17.2 Å². The van der Waals surface area contributed by atoms with Gasteiger partial charge in [-0.05, 0) is 19.1 Å². The van der Waals surface area contributed by atoms with Crippen molar-refractivity contribution >= 4 is 11.9 Å². The predicted molar refractivity (Wildman–Crippen MR) is 100 cm³/mol. The van der Waals surface area contributed by atoms with Crippen LogP contribution in [-0.2, 0) is 11.3 Å². The lowest BCUT2D eigenvalue weighted by Gasteiger charge is -2.32. The van der Waals surface area contributed by atoms with Gasteiger partial charge in [-0.25, -0.2) is 9.78 Å². The van der Waals surface area contributed by atoms with Crippen molar-refractivity contribution in [3.8, 4) is 11.4 Å². The molecule has 1 aromatic carbocycles. The van der Waals surface area contributed by atoms with E-state index in [2.05, 4.69) is 24.5 Å². The Labute approximate surface area is 161 Å². The fraction of sp³-hybridized carbons (Fsp3) is 0.250. The number of hydrogen-bond donors (Lipinski definition) is 0. The van der Waals surface area contributed by atoms with Gasteiger partial charge in [0.1, 0.15) is 11.4 Å². The van der Waals surface area contributed by atoms with Crippen molar-refractivity contribution < 1.29 is 14.3 Å². The minimum atomic E-state index is -0.575. The highest BCUT2D eigenvalue weighted by atomic mass is 16.5. The Morgan fingerprint density at radius 2 is 1.79 bits per heavy atom. The fourth-order valence-electron chi connectivity index (χ4n) is 3.40. The number of hydrogen-bond acceptors (Lipinski definition) is 6. The zero-order chi connectivity index (χ0) is 19.7. The molecular formula is C20H19N5O3. The number of amides is 1. The summed E-state index contributed by atoms with van der Waals surface area (Å²) in [6, 6.07) is 14.6. The second kappa shape index (κ2) is 7.22. The third-order valence-electron chi connectivity index (χ3n) is 4.71. The van der Waals surface area contributed by atoms with Crippen LogP contribution >= 0.6 is 0 Å². The van der Waals surface area contributed by atoms with Crippen LogP contribution in [0.3, 0.4) is 0 Å². The van der Waals surface area contributed by atoms with Crippen LogP contribution in [0.25, 0.3) is 11.4 Å². The van der Waals surface area contributed by atoms with Gasteiger partial charge in [0.2, 0.25) is 0 Å². The number of fused-ring (bicyclic) bond motifs is 1. The number of carbonyl (C=O) groups excluding carboxylic acids is 2. The summed E-state index contributed by atoms with van der Waals surface area (Å²) in [6.07, 6.45) is 0. The number of esters is 1. The average Bonchev–Trinajstić information content (AvgIpc) is 3.18. The first-order valence-electron chi connectivity index (χ1n) is 8.92. The van der Waals surface area contributed by atoms with Gasteiger partial charge < -0.3 is 14.2 Å². The van der Waals surface area contributed by atoms with Crippen molar-refractivity contribution in [3.63, 3.8) is 0 Å². The highest BCUT2D eigenvalue weighted by Crippen LogP contribution is 2.27. The van der Waals surface area contributed by atoms with E-state index in [4.69, 9.17) is 0 Å². The average molecular weight is 377 g/mol. The number of aromatic nitrogens is 4. The molecule has 8 nitrogen and oxygen atoms in total. The maximum absolute atomic E-state index is 12.9. The molecule has 28 heavy (non-hydrogen) atoms. The van der Waals surface area contributed by atoms with Crippen LogP contribution in [0.15, 0.2) is 48.5 Å². The minimum absolute atomic E-state index is 0.00157. The summed E-state index contributed by atoms with van der Waals surface area (Å²) in [5, 5.41) is 8.62. The minimum Gasteiger partial charge on any atom is -0.464 e. The van der Waals surface area contributed by atoms with Crippen molar-refractivity contribution in [2.45, 2.75) is 19.5 Å². The molecule has 2 aromatic heterocycles. The largest absolute Gasteiger partial charge is 0.464 e. The lowest BCUT2D eigenvalue weighted by molar-refractivity contribution is 0.0593. The van der Waals surface area contributed by atoms with E-state index in [9.17, 15) is 9.59 Å². The second-order valence-corrected chi connectivity index (χ2v) is 6.61. The van der Waals surface area contributed by atoms with Crippen LogP contribution < -0.4 is 0 Å². The molecule has 0 unspecified atom stereocenters. The monoisotopic (exact) mass is 377 g/mol. The molecule has 0 spiro atoms. The maximum Gasteiger partial charge on any atom is 0.356 e. The lowest BCUT2D eigenvalue weighted by atomic mass is 10.1. The number of pyridine rings is 1. The number of nitrogens with zero attached hydrogens (tertiary/aromatic N) is 5. The van der Waals surface area contributed by atoms with Crippen LogP contribution in [-0.4, -0.2) is 50.2 Å². The molecule has 1 atom stereocenters. The summed E-state index contributed by atoms with van der Waals surface area (Å²) in [5.41, 5.74) is 1.29. The first-order valence-corrected chi connectivity index (χ1v) is 8.92. The van der Waals surface area contributed by atoms with Crippen LogP contribution in [0.2, 0.25) is 0 Å². The van der Waals surface area contributed by atoms with Crippen molar-refractivity contribution in [1.29, 1.82) is 0 Å². The Balaban J connectivity index is 1.61. The van der Waals surface area contributed by atoms with Gasteiger partial charge in [0.25, 0.3) is 5.91 Å². The Morgan fingerprint density at radius 1 is 1.04 bits per heavy atom. The van der Waals surface area contributed by atoms with Crippen molar-refractivity contribution in [3.05, 3.63) is 65.7 Å². The molecule has 1 aliphatic rings. The fourth-order valence-corrected chi connectivity index (χ4v) is 3.40. The summed E-state index contributed by atoms with van der Waals surface area (Å²) in [7, 11) is 1.28. The quantitative estimate of drug-likeness (QED) is 0.651. The molecule has 4 rings (SSSR count). The molecule has 0 N–H and O–H groups in total. The Kier molecular flexibility index (Phi) is 4.60. The molecule has 0 radical (unpaired) electrons. The van der Waals surface area contributed by atoms with Crippen LogP contribution in [0, 0.1) is 0 Å². The molecule has 1 amide bonds. The van der Waals surface area contributed by atoms with Crippen LogP contribution in [0.1, 0.15) is 39.8 Å². The van der Waals surface area contributed by atoms with Gasteiger partial charge >= 0.3 is 5.97 Å². The Hall–Kier alpha value is -3.55. The first-order chi connectivity index (χ1) is 13.6. The molecule has 0 aliphatic carbocycles. The summed E-state index contributed by atoms with van der Waals surface area (Å²) in [4.78, 5) is 30.5. The summed E-state index contributed by atoms with van der Waals surface area (Å²) >= 11 is 0. The van der Waals surface area contributed by atoms with E-state index in [1.807, 2.05) is 37.3 Å². The van der Waals surface area contributed by atoms with Gasteiger partial charge in [-0.15, -0.1) is 10.2 Å². The molecule has 0 fully saturated rings. The topological polar surface area (TPSA) is 90.2 Å². The number of methoxy groups -OCH3 is 1. The van der Waals surface area contributed by atoms with Gasteiger partial charge in [0, 0.05) is 12.1 Å². The van der Waals surface area contributed by atoms with E-state index < -0.39 is 5.97 Å². The summed E-state index contributed by atoms with van der Waals surface area (Å²) < 4.78 is 6.74. The third-order valence-corrected chi connectivity index (χ3v) is 4.71. The van der Waals surface area contributed by atoms with Gasteiger partial charge in [0.15, 0.2) is 11.6 Å². The Morgan fingerprint density at radius 3 is 2.54 bits per heavy atom. The Bertz CT molecular complexity index is 1030. The molecule has 8 heteroatoms. The number of rotatable bonds is 3. The summed E-state index contributed by atoms with van der Waals surface area (Å²) in [6.45, 7) is 2.85. The van der Waals surface area contributed by atoms with E-state index in [1.54, 1.807) is 17.0 Å². The van der Waals surface area contributed by atoms with Gasteiger partial charge in [-0.3, -0.25) is 4.79 Å². The van der Waals surface area contributed by atoms with Crippen LogP contribution in [0.5, 0.6) is 0 Å².